The molecule has 0 bridgehead atoms. The number of hydrogen-bond acceptors (Lipinski definition) is 3. The molecule has 7 heteroatoms. The van der Waals surface area contributed by atoms with Gasteiger partial charge in [-0.15, -0.1) is 0 Å². The Bertz CT molecular complexity index is 180. The van der Waals surface area contributed by atoms with Crippen molar-refractivity contribution in [3.8, 4) is 0 Å². The average molecular weight is 215 g/mol. The first kappa shape index (κ1) is 13.2. The number of alkyl halides is 3. The third-order valence-electron chi connectivity index (χ3n) is 1.39. The molecule has 0 amide bonds. The van der Waals surface area contributed by atoms with Gasteiger partial charge in [-0.25, -0.2) is 4.79 Å². The SMILES string of the molecule is CCOC1CNC1.O=C(O)C(F)(F)F. The van der Waals surface area contributed by atoms with Crippen molar-refractivity contribution in [2.24, 2.45) is 0 Å². The second kappa shape index (κ2) is 5.82. The van der Waals surface area contributed by atoms with Crippen molar-refractivity contribution in [2.75, 3.05) is 19.7 Å². The molecule has 0 aromatic carbocycles. The number of carbonyl (C=O) groups is 1. The number of ether oxygens (including phenoxy) is 1. The van der Waals surface area contributed by atoms with Gasteiger partial charge in [0.1, 0.15) is 0 Å². The van der Waals surface area contributed by atoms with Crippen molar-refractivity contribution in [3.63, 3.8) is 0 Å². The molecule has 0 aromatic heterocycles. The topological polar surface area (TPSA) is 58.6 Å². The summed E-state index contributed by atoms with van der Waals surface area (Å²) in [7, 11) is 0. The van der Waals surface area contributed by atoms with E-state index in [1.807, 2.05) is 6.92 Å². The minimum atomic E-state index is -5.08. The molecule has 1 aliphatic rings. The predicted molar refractivity (Wildman–Crippen MR) is 42.0 cm³/mol. The molecular formula is C7H12F3NO3. The summed E-state index contributed by atoms with van der Waals surface area (Å²) < 4.78 is 37.0. The summed E-state index contributed by atoms with van der Waals surface area (Å²) in [5, 5.41) is 10.2. The highest BCUT2D eigenvalue weighted by Crippen LogP contribution is 2.13. The zero-order valence-electron chi connectivity index (χ0n) is 7.60. The lowest BCUT2D eigenvalue weighted by Gasteiger charge is -2.26. The van der Waals surface area contributed by atoms with Crippen LogP contribution in [-0.4, -0.2) is 43.1 Å². The second-order valence-electron chi connectivity index (χ2n) is 2.54. The van der Waals surface area contributed by atoms with Crippen molar-refractivity contribution in [1.29, 1.82) is 0 Å². The minimum Gasteiger partial charge on any atom is -0.475 e. The highest BCUT2D eigenvalue weighted by Gasteiger charge is 2.38. The first-order valence-electron chi connectivity index (χ1n) is 4.00. The van der Waals surface area contributed by atoms with Crippen molar-refractivity contribution >= 4 is 5.97 Å². The van der Waals surface area contributed by atoms with Crippen LogP contribution in [-0.2, 0) is 9.53 Å². The molecule has 2 N–H and O–H groups in total. The lowest BCUT2D eigenvalue weighted by molar-refractivity contribution is -0.192. The molecule has 1 fully saturated rings. The molecule has 1 heterocycles. The lowest BCUT2D eigenvalue weighted by Crippen LogP contribution is -2.48. The van der Waals surface area contributed by atoms with Gasteiger partial charge in [-0.1, -0.05) is 0 Å². The first-order valence-corrected chi connectivity index (χ1v) is 4.00. The van der Waals surface area contributed by atoms with Crippen LogP contribution >= 0.6 is 0 Å². The summed E-state index contributed by atoms with van der Waals surface area (Å²) >= 11 is 0. The Kier molecular flexibility index (Phi) is 5.47. The molecular weight excluding hydrogens is 203 g/mol. The maximum Gasteiger partial charge on any atom is 0.490 e. The fourth-order valence-corrected chi connectivity index (χ4v) is 0.616. The van der Waals surface area contributed by atoms with Crippen molar-refractivity contribution in [1.82, 2.24) is 5.32 Å². The first-order chi connectivity index (χ1) is 6.38. The number of aliphatic carboxylic acids is 1. The van der Waals surface area contributed by atoms with E-state index in [9.17, 15) is 13.2 Å². The normalized spacial score (nSPS) is 16.6. The molecule has 0 aromatic rings. The van der Waals surface area contributed by atoms with Crippen LogP contribution in [0.5, 0.6) is 0 Å². The van der Waals surface area contributed by atoms with E-state index in [1.54, 1.807) is 0 Å². The van der Waals surface area contributed by atoms with Gasteiger partial charge in [-0.3, -0.25) is 0 Å². The number of halogens is 3. The fourth-order valence-electron chi connectivity index (χ4n) is 0.616. The van der Waals surface area contributed by atoms with Crippen molar-refractivity contribution in [3.05, 3.63) is 0 Å². The Balaban J connectivity index is 0.000000241. The van der Waals surface area contributed by atoms with Crippen LogP contribution in [0.15, 0.2) is 0 Å². The van der Waals surface area contributed by atoms with Crippen LogP contribution in [0.2, 0.25) is 0 Å². The molecule has 1 rings (SSSR count). The van der Waals surface area contributed by atoms with Crippen molar-refractivity contribution in [2.45, 2.75) is 19.2 Å². The predicted octanol–water partition coefficient (Wildman–Crippen LogP) is 0.628. The number of rotatable bonds is 2. The smallest absolute Gasteiger partial charge is 0.475 e. The number of hydrogen-bond donors (Lipinski definition) is 2. The molecule has 84 valence electrons. The maximum absolute atomic E-state index is 10.6. The van der Waals surface area contributed by atoms with Gasteiger partial charge in [0.2, 0.25) is 0 Å². The van der Waals surface area contributed by atoms with E-state index in [-0.39, 0.29) is 0 Å². The Morgan fingerprint density at radius 2 is 2.00 bits per heavy atom. The summed E-state index contributed by atoms with van der Waals surface area (Å²) in [6.45, 7) is 4.98. The summed E-state index contributed by atoms with van der Waals surface area (Å²) in [5.74, 6) is -2.76. The van der Waals surface area contributed by atoms with E-state index >= 15 is 0 Å². The highest BCUT2D eigenvalue weighted by molar-refractivity contribution is 5.73. The number of nitrogens with one attached hydrogen (secondary N) is 1. The van der Waals surface area contributed by atoms with E-state index in [4.69, 9.17) is 14.6 Å². The number of carboxylic acid groups (broad SMARTS) is 1. The van der Waals surface area contributed by atoms with Crippen LogP contribution in [0.4, 0.5) is 13.2 Å². The zero-order valence-corrected chi connectivity index (χ0v) is 7.60. The van der Waals surface area contributed by atoms with Gasteiger partial charge in [0.05, 0.1) is 6.10 Å². The molecule has 0 atom stereocenters. The Labute approximate surface area is 79.0 Å². The van der Waals surface area contributed by atoms with Crippen LogP contribution in [0.25, 0.3) is 0 Å². The fraction of sp³-hybridized carbons (Fsp3) is 0.857. The molecule has 0 unspecified atom stereocenters. The summed E-state index contributed by atoms with van der Waals surface area (Å²) in [6.07, 6.45) is -4.56. The lowest BCUT2D eigenvalue weighted by atomic mass is 10.2. The Hall–Kier alpha value is -0.820. The largest absolute Gasteiger partial charge is 0.490 e. The molecule has 0 spiro atoms. The average Bonchev–Trinajstić information content (AvgIpc) is 1.96. The van der Waals surface area contributed by atoms with E-state index in [1.165, 1.54) is 0 Å². The van der Waals surface area contributed by atoms with Gasteiger partial charge in [0.15, 0.2) is 0 Å². The van der Waals surface area contributed by atoms with Crippen molar-refractivity contribution < 1.29 is 27.8 Å². The summed E-state index contributed by atoms with van der Waals surface area (Å²) in [6, 6.07) is 0. The molecule has 4 nitrogen and oxygen atoms in total. The maximum atomic E-state index is 10.6. The van der Waals surface area contributed by atoms with Crippen LogP contribution < -0.4 is 5.32 Å². The van der Waals surface area contributed by atoms with Crippen LogP contribution in [0.1, 0.15) is 6.92 Å². The Morgan fingerprint density at radius 3 is 2.07 bits per heavy atom. The van der Waals surface area contributed by atoms with Gasteiger partial charge < -0.3 is 15.2 Å². The molecule has 0 aliphatic carbocycles. The van der Waals surface area contributed by atoms with Gasteiger partial charge in [-0.2, -0.15) is 13.2 Å². The molecule has 1 saturated heterocycles. The molecule has 0 saturated carbocycles. The van der Waals surface area contributed by atoms with Crippen LogP contribution in [0, 0.1) is 0 Å². The summed E-state index contributed by atoms with van der Waals surface area (Å²) in [4.78, 5) is 8.90. The van der Waals surface area contributed by atoms with E-state index in [0.717, 1.165) is 19.7 Å². The molecule has 1 aliphatic heterocycles. The second-order valence-corrected chi connectivity index (χ2v) is 2.54. The van der Waals surface area contributed by atoms with E-state index < -0.39 is 12.1 Å². The monoisotopic (exact) mass is 215 g/mol. The van der Waals surface area contributed by atoms with Gasteiger partial charge in [-0.05, 0) is 6.92 Å². The van der Waals surface area contributed by atoms with Gasteiger partial charge in [0.25, 0.3) is 0 Å². The number of carboxylic acids is 1. The standard InChI is InChI=1S/C5H11NO.C2HF3O2/c1-2-7-5-3-6-4-5;3-2(4,5)1(6)7/h5-6H,2-4H2,1H3;(H,6,7). The quantitative estimate of drug-likeness (QED) is 0.709. The van der Waals surface area contributed by atoms with Gasteiger partial charge in [0, 0.05) is 19.7 Å². The van der Waals surface area contributed by atoms with E-state index in [0.29, 0.717) is 6.10 Å². The third kappa shape index (κ3) is 5.76. The summed E-state index contributed by atoms with van der Waals surface area (Å²) in [5.41, 5.74) is 0. The highest BCUT2D eigenvalue weighted by atomic mass is 19.4. The Morgan fingerprint density at radius 1 is 1.57 bits per heavy atom. The third-order valence-corrected chi connectivity index (χ3v) is 1.39. The van der Waals surface area contributed by atoms with Crippen LogP contribution in [0.3, 0.4) is 0 Å². The molecule has 14 heavy (non-hydrogen) atoms. The van der Waals surface area contributed by atoms with E-state index in [2.05, 4.69) is 5.32 Å². The molecule has 0 radical (unpaired) electrons. The minimum absolute atomic E-state index is 0.519. The van der Waals surface area contributed by atoms with Gasteiger partial charge >= 0.3 is 12.1 Å². The zero-order chi connectivity index (χ0) is 11.2.